The highest BCUT2D eigenvalue weighted by Gasteiger charge is 2.72. The highest BCUT2D eigenvalue weighted by molar-refractivity contribution is 6.33. The number of hydrogen-bond donors (Lipinski definition) is 3. The Morgan fingerprint density at radius 3 is 2.33 bits per heavy atom. The second kappa shape index (κ2) is 10.7. The van der Waals surface area contributed by atoms with Crippen LogP contribution in [0.25, 0.3) is 22.3 Å². The normalized spacial score (nSPS) is 29.5. The van der Waals surface area contributed by atoms with Crippen LogP contribution in [-0.2, 0) is 25.6 Å². The van der Waals surface area contributed by atoms with E-state index in [0.29, 0.717) is 45.3 Å². The molecule has 0 amide bonds. The van der Waals surface area contributed by atoms with Crippen LogP contribution in [-0.4, -0.2) is 94.6 Å². The second-order valence-electron chi connectivity index (χ2n) is 13.4. The van der Waals surface area contributed by atoms with Crippen LogP contribution in [0.2, 0.25) is 0 Å². The molecule has 2 heterocycles. The summed E-state index contributed by atoms with van der Waals surface area (Å²) in [5.41, 5.74) is -1.30. The van der Waals surface area contributed by atoms with E-state index in [1.807, 2.05) is 0 Å². The van der Waals surface area contributed by atoms with Gasteiger partial charge in [0.05, 0.1) is 29.5 Å². The Kier molecular flexibility index (Phi) is 6.80. The molecule has 252 valence electrons. The number of ether oxygens (including phenoxy) is 4. The molecule has 3 aromatic rings. The van der Waals surface area contributed by atoms with Gasteiger partial charge >= 0.3 is 0 Å². The SMILES string of the molecule is CC(=O)C1C(=O)[C@@H](N(C)C)[C@@H]2[C@@H](O)[C@@H]3Cc4c(-c5ccc6c(c5)OCO6)cc(-c5cccc6c5OCO6)c(O)c4C(=O)C3C(=O)[C@]2(O)C1=O. The first kappa shape index (κ1) is 31.2. The number of fused-ring (bicyclic) bond motifs is 5. The highest BCUT2D eigenvalue weighted by atomic mass is 16.7. The first-order chi connectivity index (χ1) is 23.4. The second-order valence-corrected chi connectivity index (χ2v) is 13.4. The largest absolute Gasteiger partial charge is 0.507 e. The number of carbonyl (C=O) groups excluding carboxylic acids is 5. The third kappa shape index (κ3) is 4.12. The minimum atomic E-state index is -3.02. The van der Waals surface area contributed by atoms with Gasteiger partial charge in [0, 0.05) is 17.0 Å². The van der Waals surface area contributed by atoms with Crippen LogP contribution in [0.15, 0.2) is 42.5 Å². The summed E-state index contributed by atoms with van der Waals surface area (Å²) in [6.45, 7) is 0.965. The van der Waals surface area contributed by atoms with Crippen molar-refractivity contribution in [3.63, 3.8) is 0 Å². The van der Waals surface area contributed by atoms with Crippen molar-refractivity contribution < 1.29 is 58.2 Å². The Balaban J connectivity index is 1.35. The lowest BCUT2D eigenvalue weighted by atomic mass is 9.50. The number of aliphatic hydroxyl groups excluding tert-OH is 1. The number of aromatic hydroxyl groups is 1. The van der Waals surface area contributed by atoms with E-state index in [4.69, 9.17) is 18.9 Å². The van der Waals surface area contributed by atoms with Crippen LogP contribution in [0.4, 0.5) is 0 Å². The topological polar surface area (TPSA) is 186 Å². The molecule has 0 saturated heterocycles. The van der Waals surface area contributed by atoms with Crippen LogP contribution < -0.4 is 18.9 Å². The molecular weight excluding hydrogens is 638 g/mol. The number of benzene rings is 3. The number of nitrogens with zero attached hydrogens (tertiary/aromatic N) is 1. The minimum absolute atomic E-state index is 0.0149. The van der Waals surface area contributed by atoms with Gasteiger partial charge < -0.3 is 34.3 Å². The number of phenols is 1. The third-order valence-corrected chi connectivity index (χ3v) is 10.6. The standard InChI is InChI=1S/C36H31NO12/c1-14(38)24-32(42)28(37(2)3)27-30(40)20-11-18-17(15-7-8-21-23(9-15)48-12-46-21)10-19(16-5-4-6-22-33(16)49-13-47-22)29(39)25(18)31(41)26(20)35(44)36(27,45)34(24)43/h4-10,20,24,26-28,30,39-40,45H,11-13H2,1-3H3/t20-,24?,26?,27-,28+,30+,36-/m1/s1. The number of phenolic OH excluding ortho intramolecular Hbond substituents is 1. The van der Waals surface area contributed by atoms with E-state index in [-0.39, 0.29) is 31.1 Å². The quantitative estimate of drug-likeness (QED) is 0.342. The first-order valence-corrected chi connectivity index (χ1v) is 15.8. The summed E-state index contributed by atoms with van der Waals surface area (Å²) in [4.78, 5) is 70.4. The van der Waals surface area contributed by atoms with Gasteiger partial charge in [-0.3, -0.25) is 28.9 Å². The molecule has 0 spiro atoms. The predicted molar refractivity (Wildman–Crippen MR) is 167 cm³/mol. The lowest BCUT2D eigenvalue weighted by molar-refractivity contribution is -0.195. The maximum atomic E-state index is 14.7. The Bertz CT molecular complexity index is 2040. The van der Waals surface area contributed by atoms with Gasteiger partial charge in [-0.15, -0.1) is 0 Å². The Labute approximate surface area is 278 Å². The van der Waals surface area contributed by atoms with E-state index in [9.17, 15) is 39.3 Å². The number of likely N-dealkylation sites (N-methyl/N-ethyl adjacent to an activating group) is 1. The number of Topliss-reactive ketones (excluding diaryl/α,β-unsaturated/α-hetero) is 5. The molecule has 7 atom stereocenters. The van der Waals surface area contributed by atoms with Gasteiger partial charge in [-0.1, -0.05) is 18.2 Å². The van der Waals surface area contributed by atoms with E-state index in [1.54, 1.807) is 42.5 Å². The van der Waals surface area contributed by atoms with E-state index >= 15 is 0 Å². The lowest BCUT2D eigenvalue weighted by Gasteiger charge is -2.55. The summed E-state index contributed by atoms with van der Waals surface area (Å²) in [5, 5.41) is 35.9. The fourth-order valence-electron chi connectivity index (χ4n) is 8.47. The molecule has 2 unspecified atom stereocenters. The fraction of sp³-hybridized carbons (Fsp3) is 0.361. The van der Waals surface area contributed by atoms with Gasteiger partial charge in [0.2, 0.25) is 13.6 Å². The number of para-hydroxylation sites is 1. The van der Waals surface area contributed by atoms with Gasteiger partial charge in [-0.05, 0) is 68.4 Å². The molecule has 8 rings (SSSR count). The molecular formula is C36H31NO12. The van der Waals surface area contributed by atoms with Gasteiger partial charge in [0.1, 0.15) is 17.5 Å². The fourth-order valence-corrected chi connectivity index (χ4v) is 8.47. The third-order valence-electron chi connectivity index (χ3n) is 10.6. The maximum absolute atomic E-state index is 14.7. The van der Waals surface area contributed by atoms with Gasteiger partial charge in [-0.2, -0.15) is 0 Å². The Hall–Kier alpha value is -5.11. The van der Waals surface area contributed by atoms with Crippen molar-refractivity contribution in [1.29, 1.82) is 0 Å². The van der Waals surface area contributed by atoms with E-state index in [0.717, 1.165) is 6.92 Å². The van der Waals surface area contributed by atoms with Crippen molar-refractivity contribution in [3.05, 3.63) is 53.6 Å². The van der Waals surface area contributed by atoms with Gasteiger partial charge in [0.15, 0.2) is 51.7 Å². The number of rotatable bonds is 4. The van der Waals surface area contributed by atoms with E-state index in [1.165, 1.54) is 19.0 Å². The first-order valence-electron chi connectivity index (χ1n) is 15.8. The molecule has 2 saturated carbocycles. The molecule has 0 bridgehead atoms. The monoisotopic (exact) mass is 669 g/mol. The van der Waals surface area contributed by atoms with Gasteiger partial charge in [0.25, 0.3) is 0 Å². The van der Waals surface area contributed by atoms with E-state index in [2.05, 4.69) is 0 Å². The molecule has 3 aromatic carbocycles. The van der Waals surface area contributed by atoms with Crippen LogP contribution >= 0.6 is 0 Å². The molecule has 2 aliphatic heterocycles. The van der Waals surface area contributed by atoms with Crippen LogP contribution in [0.3, 0.4) is 0 Å². The van der Waals surface area contributed by atoms with Crippen LogP contribution in [0, 0.1) is 23.7 Å². The molecule has 0 radical (unpaired) electrons. The summed E-state index contributed by atoms with van der Waals surface area (Å²) >= 11 is 0. The number of carbonyl (C=O) groups is 5. The van der Waals surface area contributed by atoms with Crippen molar-refractivity contribution in [3.8, 4) is 51.0 Å². The zero-order chi connectivity index (χ0) is 34.7. The molecule has 3 aliphatic carbocycles. The smallest absolute Gasteiger partial charge is 0.231 e. The van der Waals surface area contributed by atoms with Crippen molar-refractivity contribution in [2.45, 2.75) is 31.1 Å². The number of ketones is 5. The summed E-state index contributed by atoms with van der Waals surface area (Å²) in [6.07, 6.45) is -1.86. The molecule has 5 aliphatic rings. The minimum Gasteiger partial charge on any atom is -0.507 e. The molecule has 3 N–H and O–H groups in total. The zero-order valence-electron chi connectivity index (χ0n) is 26.6. The van der Waals surface area contributed by atoms with Crippen molar-refractivity contribution in [1.82, 2.24) is 4.90 Å². The van der Waals surface area contributed by atoms with Gasteiger partial charge in [-0.25, -0.2) is 0 Å². The summed E-state index contributed by atoms with van der Waals surface area (Å²) in [6, 6.07) is 10.5. The summed E-state index contributed by atoms with van der Waals surface area (Å²) in [5.74, 6) is -10.5. The molecule has 2 fully saturated rings. The zero-order valence-corrected chi connectivity index (χ0v) is 26.6. The van der Waals surface area contributed by atoms with E-state index < -0.39 is 76.1 Å². The van der Waals surface area contributed by atoms with Crippen LogP contribution in [0.5, 0.6) is 28.7 Å². The lowest BCUT2D eigenvalue weighted by Crippen LogP contribution is -2.77. The molecule has 0 aromatic heterocycles. The van der Waals surface area contributed by atoms with Crippen molar-refractivity contribution in [2.24, 2.45) is 23.7 Å². The average molecular weight is 670 g/mol. The van der Waals surface area contributed by atoms with Crippen molar-refractivity contribution >= 4 is 28.9 Å². The van der Waals surface area contributed by atoms with Crippen LogP contribution in [0.1, 0.15) is 22.8 Å². The average Bonchev–Trinajstić information content (AvgIpc) is 3.74. The Morgan fingerprint density at radius 1 is 0.878 bits per heavy atom. The molecule has 49 heavy (non-hydrogen) atoms. The number of hydrogen-bond acceptors (Lipinski definition) is 13. The highest BCUT2D eigenvalue weighted by Crippen LogP contribution is 2.55. The molecule has 13 nitrogen and oxygen atoms in total. The number of aliphatic hydroxyl groups is 2. The summed E-state index contributed by atoms with van der Waals surface area (Å²) in [7, 11) is 2.96. The maximum Gasteiger partial charge on any atom is 0.231 e. The summed E-state index contributed by atoms with van der Waals surface area (Å²) < 4.78 is 22.4. The molecule has 13 heteroatoms. The predicted octanol–water partition coefficient (Wildman–Crippen LogP) is 1.73. The Morgan fingerprint density at radius 2 is 1.59 bits per heavy atom. The van der Waals surface area contributed by atoms with Crippen molar-refractivity contribution in [2.75, 3.05) is 27.7 Å².